The summed E-state index contributed by atoms with van der Waals surface area (Å²) in [6, 6.07) is 13.9. The number of carbonyl (C=O) groups excluding carboxylic acids is 2. The Kier molecular flexibility index (Phi) is 9.89. The number of hydrogen-bond donors (Lipinski definition) is 1. The van der Waals surface area contributed by atoms with Gasteiger partial charge in [-0.3, -0.25) is 9.59 Å². The largest absolute Gasteiger partial charge is 0.427 e. The number of likely N-dealkylation sites (tertiary alicyclic amines) is 1. The van der Waals surface area contributed by atoms with Crippen LogP contribution in [0.2, 0.25) is 0 Å². The number of allylic oxidation sites excluding steroid dienone is 1. The second kappa shape index (κ2) is 12.9. The maximum atomic E-state index is 13.7. The molecule has 5 nitrogen and oxygen atoms in total. The number of carbonyl (C=O) groups is 2. The molecule has 3 rings (SSSR count). The Balaban J connectivity index is 1.78. The number of aryl methyl sites for hydroxylation is 2. The van der Waals surface area contributed by atoms with E-state index in [2.05, 4.69) is 44.8 Å². The van der Waals surface area contributed by atoms with Gasteiger partial charge in [0.2, 0.25) is 0 Å². The number of anilines is 1. The maximum Gasteiger partial charge on any atom is 0.311 e. The highest BCUT2D eigenvalue weighted by molar-refractivity contribution is 5.95. The number of benzene rings is 2. The number of nitrogens with zero attached hydrogens (tertiary/aromatic N) is 1. The molecule has 0 radical (unpaired) electrons. The van der Waals surface area contributed by atoms with Gasteiger partial charge in [0.25, 0.3) is 5.91 Å². The van der Waals surface area contributed by atoms with Crippen molar-refractivity contribution in [2.45, 2.75) is 85.2 Å². The molecule has 0 saturated carbocycles. The molecular formula is C31H43N2O3+. The van der Waals surface area contributed by atoms with Gasteiger partial charge in [0.1, 0.15) is 12.3 Å². The van der Waals surface area contributed by atoms with E-state index in [4.69, 9.17) is 4.74 Å². The number of amides is 1. The van der Waals surface area contributed by atoms with E-state index in [0.29, 0.717) is 18.6 Å². The Hall–Kier alpha value is -2.92. The molecule has 194 valence electrons. The number of ether oxygens (including phenoxy) is 1. The second-order valence-corrected chi connectivity index (χ2v) is 10.5. The minimum atomic E-state index is -0.239. The van der Waals surface area contributed by atoms with Crippen molar-refractivity contribution >= 4 is 17.6 Å². The number of esters is 1. The van der Waals surface area contributed by atoms with Crippen LogP contribution in [0.25, 0.3) is 0 Å². The molecule has 1 aliphatic heterocycles. The van der Waals surface area contributed by atoms with Crippen LogP contribution in [0.5, 0.6) is 5.75 Å². The van der Waals surface area contributed by atoms with Crippen molar-refractivity contribution in [3.63, 3.8) is 0 Å². The lowest BCUT2D eigenvalue weighted by molar-refractivity contribution is -0.959. The molecule has 1 heterocycles. The number of hydrogen-bond acceptors (Lipinski definition) is 3. The summed E-state index contributed by atoms with van der Waals surface area (Å²) >= 11 is 0. The number of unbranched alkanes of at least 4 members (excludes halogenated alkanes) is 1. The third-order valence-electron chi connectivity index (χ3n) is 7.39. The first-order valence-electron chi connectivity index (χ1n) is 13.4. The Morgan fingerprint density at radius 3 is 2.39 bits per heavy atom. The molecule has 36 heavy (non-hydrogen) atoms. The lowest BCUT2D eigenvalue weighted by atomic mass is 9.94. The predicted molar refractivity (Wildman–Crippen MR) is 147 cm³/mol. The molecule has 0 bridgehead atoms. The number of nitrogens with one attached hydrogen (secondary N) is 1. The monoisotopic (exact) mass is 491 g/mol. The van der Waals surface area contributed by atoms with Crippen LogP contribution in [-0.4, -0.2) is 35.5 Å². The van der Waals surface area contributed by atoms with Crippen molar-refractivity contribution in [2.24, 2.45) is 0 Å². The quantitative estimate of drug-likeness (QED) is 0.161. The van der Waals surface area contributed by atoms with Crippen LogP contribution in [-0.2, 0) is 16.1 Å². The summed E-state index contributed by atoms with van der Waals surface area (Å²) in [5.41, 5.74) is 5.28. The topological polar surface area (TPSA) is 55.4 Å². The fourth-order valence-electron chi connectivity index (χ4n) is 5.33. The van der Waals surface area contributed by atoms with Crippen molar-refractivity contribution < 1.29 is 18.8 Å². The van der Waals surface area contributed by atoms with E-state index in [1.807, 2.05) is 37.3 Å². The van der Waals surface area contributed by atoms with Crippen molar-refractivity contribution in [1.29, 1.82) is 0 Å². The molecule has 1 aliphatic rings. The summed E-state index contributed by atoms with van der Waals surface area (Å²) in [6.07, 6.45) is 6.28. The third kappa shape index (κ3) is 7.30. The SMILES string of the molecule is C=C(C)CCC(=O)Oc1ccc(C[N+]2(CCCC)CCCCC2C(=O)Nc2c(C)cccc2C)cc1. The van der Waals surface area contributed by atoms with Gasteiger partial charge in [0.05, 0.1) is 13.1 Å². The number of piperidine rings is 1. The average molecular weight is 492 g/mol. The molecule has 1 saturated heterocycles. The standard InChI is InChI=1S/C31H42N2O3/c1-6-7-20-33(22-26-15-17-27(18-16-26)36-29(34)19-14-23(2)3)21-9-8-13-28(33)31(35)32-30-24(4)11-10-12-25(30)5/h10-12,15-18,28H,2,6-9,13-14,19-22H2,1,3-5H3/p+1. The summed E-state index contributed by atoms with van der Waals surface area (Å²) in [5, 5.41) is 3.30. The molecule has 5 heteroatoms. The van der Waals surface area contributed by atoms with Crippen LogP contribution in [0.1, 0.15) is 75.5 Å². The number of rotatable bonds is 11. The molecular weight excluding hydrogens is 448 g/mol. The van der Waals surface area contributed by atoms with Gasteiger partial charge in [0.15, 0.2) is 6.04 Å². The molecule has 1 N–H and O–H groups in total. The van der Waals surface area contributed by atoms with E-state index in [-0.39, 0.29) is 17.9 Å². The van der Waals surface area contributed by atoms with Crippen LogP contribution in [0.3, 0.4) is 0 Å². The van der Waals surface area contributed by atoms with Crippen molar-refractivity contribution in [2.75, 3.05) is 18.4 Å². The molecule has 2 aromatic carbocycles. The van der Waals surface area contributed by atoms with Gasteiger partial charge in [-0.1, -0.05) is 37.1 Å². The van der Waals surface area contributed by atoms with E-state index in [0.717, 1.165) is 78.6 Å². The van der Waals surface area contributed by atoms with Gasteiger partial charge in [-0.2, -0.15) is 0 Å². The van der Waals surface area contributed by atoms with Crippen molar-refractivity contribution in [3.8, 4) is 5.75 Å². The van der Waals surface area contributed by atoms with Crippen LogP contribution in [0, 0.1) is 13.8 Å². The second-order valence-electron chi connectivity index (χ2n) is 10.5. The van der Waals surface area contributed by atoms with Gasteiger partial charge in [-0.05, 0) is 81.8 Å². The van der Waals surface area contributed by atoms with Gasteiger partial charge in [-0.25, -0.2) is 0 Å². The van der Waals surface area contributed by atoms with E-state index in [1.165, 1.54) is 5.56 Å². The highest BCUT2D eigenvalue weighted by Crippen LogP contribution is 2.32. The molecule has 2 atom stereocenters. The Bertz CT molecular complexity index is 1040. The molecule has 1 fully saturated rings. The van der Waals surface area contributed by atoms with Crippen molar-refractivity contribution in [3.05, 3.63) is 71.3 Å². The molecule has 0 aliphatic carbocycles. The molecule has 0 aromatic heterocycles. The fraction of sp³-hybridized carbons (Fsp3) is 0.484. The maximum absolute atomic E-state index is 13.7. The van der Waals surface area contributed by atoms with Crippen LogP contribution >= 0.6 is 0 Å². The summed E-state index contributed by atoms with van der Waals surface area (Å²) in [6.45, 7) is 14.9. The molecule has 2 unspecified atom stereocenters. The Labute approximate surface area is 217 Å². The summed E-state index contributed by atoms with van der Waals surface area (Å²) in [7, 11) is 0. The zero-order chi connectivity index (χ0) is 26.1. The normalized spacial score (nSPS) is 19.5. The lowest BCUT2D eigenvalue weighted by Gasteiger charge is -2.47. The lowest BCUT2D eigenvalue weighted by Crippen LogP contribution is -2.62. The smallest absolute Gasteiger partial charge is 0.311 e. The van der Waals surface area contributed by atoms with Crippen molar-refractivity contribution in [1.82, 2.24) is 0 Å². The summed E-state index contributed by atoms with van der Waals surface area (Å²) in [4.78, 5) is 25.8. The van der Waals surface area contributed by atoms with Gasteiger partial charge in [0, 0.05) is 24.1 Å². The van der Waals surface area contributed by atoms with Gasteiger partial charge >= 0.3 is 5.97 Å². The molecule has 1 amide bonds. The zero-order valence-corrected chi connectivity index (χ0v) is 22.6. The molecule has 0 spiro atoms. The zero-order valence-electron chi connectivity index (χ0n) is 22.6. The van der Waals surface area contributed by atoms with Gasteiger partial charge < -0.3 is 14.5 Å². The third-order valence-corrected chi connectivity index (χ3v) is 7.39. The van der Waals surface area contributed by atoms with Crippen LogP contribution in [0.4, 0.5) is 5.69 Å². The highest BCUT2D eigenvalue weighted by Gasteiger charge is 2.43. The number of quaternary nitrogens is 1. The average Bonchev–Trinajstić information content (AvgIpc) is 2.85. The Morgan fingerprint density at radius 2 is 1.75 bits per heavy atom. The Morgan fingerprint density at radius 1 is 1.06 bits per heavy atom. The fourth-order valence-corrected chi connectivity index (χ4v) is 5.33. The molecule has 2 aromatic rings. The van der Waals surface area contributed by atoms with E-state index >= 15 is 0 Å². The first kappa shape index (κ1) is 27.7. The minimum absolute atomic E-state index is 0.0797. The number of para-hydroxylation sites is 1. The van der Waals surface area contributed by atoms with E-state index < -0.39 is 0 Å². The minimum Gasteiger partial charge on any atom is -0.427 e. The van der Waals surface area contributed by atoms with Gasteiger partial charge in [-0.15, -0.1) is 6.58 Å². The summed E-state index contributed by atoms with van der Waals surface area (Å²) < 4.78 is 6.28. The highest BCUT2D eigenvalue weighted by atomic mass is 16.5. The first-order valence-corrected chi connectivity index (χ1v) is 13.4. The van der Waals surface area contributed by atoms with Crippen LogP contribution < -0.4 is 10.1 Å². The first-order chi connectivity index (χ1) is 17.2. The van der Waals surface area contributed by atoms with E-state index in [9.17, 15) is 9.59 Å². The van der Waals surface area contributed by atoms with E-state index in [1.54, 1.807) is 0 Å². The van der Waals surface area contributed by atoms with Crippen LogP contribution in [0.15, 0.2) is 54.6 Å². The predicted octanol–water partition coefficient (Wildman–Crippen LogP) is 6.87. The summed E-state index contributed by atoms with van der Waals surface area (Å²) in [5.74, 6) is 0.455.